The van der Waals surface area contributed by atoms with E-state index in [1.54, 1.807) is 26.2 Å². The van der Waals surface area contributed by atoms with E-state index in [1.807, 2.05) is 0 Å². The van der Waals surface area contributed by atoms with Crippen molar-refractivity contribution in [3.63, 3.8) is 0 Å². The Kier molecular flexibility index (Phi) is 2.29. The number of hydrogen-bond acceptors (Lipinski definition) is 4. The molecule has 0 radical (unpaired) electrons. The summed E-state index contributed by atoms with van der Waals surface area (Å²) in [6.45, 7) is 1.78. The minimum Gasteiger partial charge on any atom is -0.300 e. The third-order valence-electron chi connectivity index (χ3n) is 2.20. The standard InChI is InChI=1S/C10H10N4O/c1-7-13-9(5-10(15)14(7)2)8-3-4-11-6-12-8/h3-6H,1-2H3. The fourth-order valence-electron chi connectivity index (χ4n) is 1.23. The molecule has 2 aromatic heterocycles. The van der Waals surface area contributed by atoms with E-state index in [0.717, 1.165) is 0 Å². The van der Waals surface area contributed by atoms with E-state index in [1.165, 1.54) is 17.0 Å². The van der Waals surface area contributed by atoms with Crippen molar-refractivity contribution in [1.29, 1.82) is 0 Å². The summed E-state index contributed by atoms with van der Waals surface area (Å²) in [7, 11) is 1.69. The lowest BCUT2D eigenvalue weighted by Gasteiger charge is -2.04. The van der Waals surface area contributed by atoms with Gasteiger partial charge in [0.1, 0.15) is 12.2 Å². The van der Waals surface area contributed by atoms with Crippen LogP contribution in [0.4, 0.5) is 0 Å². The van der Waals surface area contributed by atoms with Gasteiger partial charge in [0.25, 0.3) is 5.56 Å². The molecule has 0 aliphatic carbocycles. The van der Waals surface area contributed by atoms with E-state index in [-0.39, 0.29) is 5.56 Å². The first-order valence-electron chi connectivity index (χ1n) is 4.49. The van der Waals surface area contributed by atoms with Crippen LogP contribution in [0.1, 0.15) is 5.82 Å². The predicted octanol–water partition coefficient (Wildman–Crippen LogP) is 0.546. The number of rotatable bonds is 1. The Bertz CT molecular complexity index is 533. The van der Waals surface area contributed by atoms with Gasteiger partial charge in [-0.2, -0.15) is 0 Å². The lowest BCUT2D eigenvalue weighted by atomic mass is 10.3. The molecule has 0 aliphatic rings. The largest absolute Gasteiger partial charge is 0.300 e. The SMILES string of the molecule is Cc1nc(-c2ccncn2)cc(=O)n1C. The fraction of sp³-hybridized carbons (Fsp3) is 0.200. The molecule has 0 amide bonds. The van der Waals surface area contributed by atoms with Crippen LogP contribution in [0, 0.1) is 6.92 Å². The Morgan fingerprint density at radius 2 is 2.13 bits per heavy atom. The van der Waals surface area contributed by atoms with Gasteiger partial charge in [0.15, 0.2) is 0 Å². The predicted molar refractivity (Wildman–Crippen MR) is 55.2 cm³/mol. The average Bonchev–Trinajstić information content (AvgIpc) is 2.26. The lowest BCUT2D eigenvalue weighted by Crippen LogP contribution is -2.19. The minimum atomic E-state index is -0.0869. The number of hydrogen-bond donors (Lipinski definition) is 0. The molecule has 2 aromatic rings. The Labute approximate surface area is 86.5 Å². The first-order chi connectivity index (χ1) is 7.18. The Morgan fingerprint density at radius 1 is 1.33 bits per heavy atom. The van der Waals surface area contributed by atoms with E-state index in [0.29, 0.717) is 17.2 Å². The van der Waals surface area contributed by atoms with E-state index in [9.17, 15) is 4.79 Å². The molecule has 2 rings (SSSR count). The molecule has 0 bridgehead atoms. The Balaban J connectivity index is 2.61. The highest BCUT2D eigenvalue weighted by molar-refractivity contribution is 5.52. The zero-order valence-corrected chi connectivity index (χ0v) is 8.51. The van der Waals surface area contributed by atoms with Gasteiger partial charge < -0.3 is 4.57 Å². The van der Waals surface area contributed by atoms with Crippen molar-refractivity contribution in [2.45, 2.75) is 6.92 Å². The summed E-state index contributed by atoms with van der Waals surface area (Å²) in [6, 6.07) is 3.19. The maximum Gasteiger partial charge on any atom is 0.253 e. The van der Waals surface area contributed by atoms with Crippen LogP contribution in [-0.2, 0) is 7.05 Å². The smallest absolute Gasteiger partial charge is 0.253 e. The normalized spacial score (nSPS) is 10.3. The van der Waals surface area contributed by atoms with Gasteiger partial charge in [-0.3, -0.25) is 4.79 Å². The highest BCUT2D eigenvalue weighted by Crippen LogP contribution is 2.10. The Hall–Kier alpha value is -2.04. The quantitative estimate of drug-likeness (QED) is 0.677. The molecular formula is C10H10N4O. The van der Waals surface area contributed by atoms with E-state index in [2.05, 4.69) is 15.0 Å². The van der Waals surface area contributed by atoms with Gasteiger partial charge >= 0.3 is 0 Å². The molecule has 0 aliphatic heterocycles. The molecule has 5 heteroatoms. The maximum atomic E-state index is 11.5. The second-order valence-electron chi connectivity index (χ2n) is 3.18. The van der Waals surface area contributed by atoms with Gasteiger partial charge in [-0.05, 0) is 13.0 Å². The molecule has 0 aromatic carbocycles. The van der Waals surface area contributed by atoms with Crippen molar-refractivity contribution in [3.05, 3.63) is 40.8 Å². The van der Waals surface area contributed by atoms with E-state index < -0.39 is 0 Å². The monoisotopic (exact) mass is 202 g/mol. The van der Waals surface area contributed by atoms with Gasteiger partial charge in [0, 0.05) is 19.3 Å². The first kappa shape index (κ1) is 9.51. The highest BCUT2D eigenvalue weighted by atomic mass is 16.1. The van der Waals surface area contributed by atoms with Crippen molar-refractivity contribution < 1.29 is 0 Å². The second-order valence-corrected chi connectivity index (χ2v) is 3.18. The van der Waals surface area contributed by atoms with Crippen molar-refractivity contribution >= 4 is 0 Å². The summed E-state index contributed by atoms with van der Waals surface area (Å²) in [6.07, 6.45) is 3.06. The van der Waals surface area contributed by atoms with Crippen molar-refractivity contribution in [3.8, 4) is 11.4 Å². The summed E-state index contributed by atoms with van der Waals surface area (Å²) >= 11 is 0. The van der Waals surface area contributed by atoms with Crippen LogP contribution in [0.2, 0.25) is 0 Å². The van der Waals surface area contributed by atoms with Crippen molar-refractivity contribution in [1.82, 2.24) is 19.5 Å². The highest BCUT2D eigenvalue weighted by Gasteiger charge is 2.04. The van der Waals surface area contributed by atoms with Gasteiger partial charge in [0.05, 0.1) is 11.4 Å². The molecule has 15 heavy (non-hydrogen) atoms. The van der Waals surface area contributed by atoms with Crippen LogP contribution in [-0.4, -0.2) is 19.5 Å². The molecule has 0 N–H and O–H groups in total. The van der Waals surface area contributed by atoms with Crippen molar-refractivity contribution in [2.75, 3.05) is 0 Å². The lowest BCUT2D eigenvalue weighted by molar-refractivity contribution is 0.776. The third kappa shape index (κ3) is 1.76. The molecule has 5 nitrogen and oxygen atoms in total. The van der Waals surface area contributed by atoms with Crippen LogP contribution in [0.5, 0.6) is 0 Å². The zero-order valence-electron chi connectivity index (χ0n) is 8.51. The number of aryl methyl sites for hydroxylation is 1. The van der Waals surface area contributed by atoms with Crippen LogP contribution in [0.25, 0.3) is 11.4 Å². The molecule has 0 fully saturated rings. The molecule has 0 atom stereocenters. The fourth-order valence-corrected chi connectivity index (χ4v) is 1.23. The summed E-state index contributed by atoms with van der Waals surface area (Å²) < 4.78 is 1.49. The molecule has 0 saturated heterocycles. The van der Waals surface area contributed by atoms with Gasteiger partial charge in [-0.15, -0.1) is 0 Å². The molecule has 0 unspecified atom stereocenters. The first-order valence-corrected chi connectivity index (χ1v) is 4.49. The third-order valence-corrected chi connectivity index (χ3v) is 2.20. The van der Waals surface area contributed by atoms with Crippen LogP contribution >= 0.6 is 0 Å². The van der Waals surface area contributed by atoms with E-state index >= 15 is 0 Å². The molecular weight excluding hydrogens is 192 g/mol. The maximum absolute atomic E-state index is 11.5. The minimum absolute atomic E-state index is 0.0869. The number of aromatic nitrogens is 4. The van der Waals surface area contributed by atoms with Gasteiger partial charge in [-0.25, -0.2) is 15.0 Å². The molecule has 0 saturated carbocycles. The summed E-state index contributed by atoms with van der Waals surface area (Å²) in [5, 5.41) is 0. The summed E-state index contributed by atoms with van der Waals surface area (Å²) in [5.74, 6) is 0.663. The zero-order chi connectivity index (χ0) is 10.8. The topological polar surface area (TPSA) is 60.7 Å². The number of nitrogens with zero attached hydrogens (tertiary/aromatic N) is 4. The van der Waals surface area contributed by atoms with Crippen molar-refractivity contribution in [2.24, 2.45) is 7.05 Å². The van der Waals surface area contributed by atoms with Crippen LogP contribution in [0.15, 0.2) is 29.5 Å². The van der Waals surface area contributed by atoms with Gasteiger partial charge in [0.2, 0.25) is 0 Å². The van der Waals surface area contributed by atoms with Gasteiger partial charge in [-0.1, -0.05) is 0 Å². The molecule has 0 spiro atoms. The Morgan fingerprint density at radius 3 is 2.73 bits per heavy atom. The van der Waals surface area contributed by atoms with E-state index in [4.69, 9.17) is 0 Å². The van der Waals surface area contributed by atoms with Crippen LogP contribution < -0.4 is 5.56 Å². The second kappa shape index (κ2) is 3.61. The summed E-state index contributed by atoms with van der Waals surface area (Å²) in [4.78, 5) is 23.6. The average molecular weight is 202 g/mol. The molecule has 76 valence electrons. The molecule has 2 heterocycles. The van der Waals surface area contributed by atoms with Crippen LogP contribution in [0.3, 0.4) is 0 Å². The summed E-state index contributed by atoms with van der Waals surface area (Å²) in [5.41, 5.74) is 1.15.